The van der Waals surface area contributed by atoms with Crippen molar-refractivity contribution in [2.45, 2.75) is 44.3 Å². The predicted molar refractivity (Wildman–Crippen MR) is 107 cm³/mol. The van der Waals surface area contributed by atoms with Crippen LogP contribution < -0.4 is 0 Å². The van der Waals surface area contributed by atoms with E-state index in [1.165, 1.54) is 18.4 Å². The fourth-order valence-electron chi connectivity index (χ4n) is 5.07. The van der Waals surface area contributed by atoms with Crippen LogP contribution in [0.5, 0.6) is 0 Å². The van der Waals surface area contributed by atoms with Gasteiger partial charge in [-0.2, -0.15) is 5.10 Å². The lowest BCUT2D eigenvalue weighted by atomic mass is 9.84. The van der Waals surface area contributed by atoms with Gasteiger partial charge in [0.05, 0.1) is 11.7 Å². The van der Waals surface area contributed by atoms with Gasteiger partial charge in [0.2, 0.25) is 0 Å². The van der Waals surface area contributed by atoms with Crippen molar-refractivity contribution in [2.75, 3.05) is 0 Å². The molecular formula is C23H25N3O. The Bertz CT molecular complexity index is 964. The lowest BCUT2D eigenvalue weighted by molar-refractivity contribution is 0.0678. The van der Waals surface area contributed by atoms with E-state index < -0.39 is 0 Å². The highest BCUT2D eigenvalue weighted by molar-refractivity contribution is 6.00. The maximum absolute atomic E-state index is 13.2. The van der Waals surface area contributed by atoms with Crippen molar-refractivity contribution in [3.05, 3.63) is 65.9 Å². The van der Waals surface area contributed by atoms with Gasteiger partial charge in [-0.25, -0.2) is 0 Å². The zero-order valence-electron chi connectivity index (χ0n) is 15.7. The number of rotatable bonds is 4. The Morgan fingerprint density at radius 3 is 2.56 bits per heavy atom. The SMILES string of the molecule is Cn1ncc2ccc(C(=O)C3CC4CCC(C3)N4Cc3ccccc3)cc21. The molecule has 0 radical (unpaired) electrons. The summed E-state index contributed by atoms with van der Waals surface area (Å²) in [5, 5.41) is 5.38. The van der Waals surface area contributed by atoms with Crippen LogP contribution in [0.25, 0.3) is 10.9 Å². The van der Waals surface area contributed by atoms with Crippen LogP contribution in [0.2, 0.25) is 0 Å². The molecule has 2 unspecified atom stereocenters. The number of hydrogen-bond donors (Lipinski definition) is 0. The number of fused-ring (bicyclic) bond motifs is 3. The minimum Gasteiger partial charge on any atom is -0.294 e. The second-order valence-corrected chi connectivity index (χ2v) is 8.12. The van der Waals surface area contributed by atoms with Gasteiger partial charge < -0.3 is 0 Å². The summed E-state index contributed by atoms with van der Waals surface area (Å²) in [4.78, 5) is 15.9. The molecule has 2 atom stereocenters. The molecule has 2 saturated heterocycles. The normalized spacial score (nSPS) is 25.1. The molecule has 5 rings (SSSR count). The summed E-state index contributed by atoms with van der Waals surface area (Å²) in [6.45, 7) is 1.01. The van der Waals surface area contributed by atoms with Crippen molar-refractivity contribution in [1.29, 1.82) is 0 Å². The molecule has 2 aliphatic rings. The largest absolute Gasteiger partial charge is 0.294 e. The smallest absolute Gasteiger partial charge is 0.166 e. The number of aromatic nitrogens is 2. The average Bonchev–Trinajstić information content (AvgIpc) is 3.17. The van der Waals surface area contributed by atoms with Crippen molar-refractivity contribution >= 4 is 16.7 Å². The molecule has 1 aromatic heterocycles. The number of piperidine rings is 1. The van der Waals surface area contributed by atoms with Crippen LogP contribution in [0.3, 0.4) is 0 Å². The Morgan fingerprint density at radius 1 is 1.07 bits per heavy atom. The third kappa shape index (κ3) is 2.98. The van der Waals surface area contributed by atoms with Gasteiger partial charge in [0, 0.05) is 42.5 Å². The standard InChI is InChI=1S/C23H25N3O/c1-25-22-13-17(7-8-18(22)14-24-25)23(27)19-11-20-9-10-21(12-19)26(20)15-16-5-3-2-4-6-16/h2-8,13-14,19-21H,9-12,15H2,1H3. The summed E-state index contributed by atoms with van der Waals surface area (Å²) >= 11 is 0. The average molecular weight is 359 g/mol. The summed E-state index contributed by atoms with van der Waals surface area (Å²) in [6, 6.07) is 17.8. The molecular weight excluding hydrogens is 334 g/mol. The van der Waals surface area contributed by atoms with Gasteiger partial charge in [-0.05, 0) is 37.3 Å². The van der Waals surface area contributed by atoms with E-state index in [9.17, 15) is 4.79 Å². The summed E-state index contributed by atoms with van der Waals surface area (Å²) in [6.07, 6.45) is 6.28. The van der Waals surface area contributed by atoms with E-state index in [0.717, 1.165) is 35.9 Å². The number of hydrogen-bond acceptors (Lipinski definition) is 3. The fourth-order valence-corrected chi connectivity index (χ4v) is 5.07. The second-order valence-electron chi connectivity index (χ2n) is 8.12. The molecule has 0 aliphatic carbocycles. The van der Waals surface area contributed by atoms with Crippen LogP contribution in [-0.4, -0.2) is 32.5 Å². The lowest BCUT2D eigenvalue weighted by Gasteiger charge is -2.38. The molecule has 2 bridgehead atoms. The van der Waals surface area contributed by atoms with E-state index >= 15 is 0 Å². The lowest BCUT2D eigenvalue weighted by Crippen LogP contribution is -2.44. The van der Waals surface area contributed by atoms with Crippen molar-refractivity contribution in [3.63, 3.8) is 0 Å². The molecule has 0 amide bonds. The van der Waals surface area contributed by atoms with Gasteiger partial charge in [0.15, 0.2) is 5.78 Å². The van der Waals surface area contributed by atoms with Crippen molar-refractivity contribution < 1.29 is 4.79 Å². The van der Waals surface area contributed by atoms with E-state index in [4.69, 9.17) is 0 Å². The fraction of sp³-hybridized carbons (Fsp3) is 0.391. The third-order valence-electron chi connectivity index (χ3n) is 6.50. The first-order valence-electron chi connectivity index (χ1n) is 9.94. The molecule has 2 aromatic carbocycles. The van der Waals surface area contributed by atoms with E-state index in [1.54, 1.807) is 0 Å². The number of Topliss-reactive ketones (excluding diaryl/α,β-unsaturated/α-hetero) is 1. The maximum atomic E-state index is 13.2. The molecule has 0 spiro atoms. The van der Waals surface area contributed by atoms with E-state index in [0.29, 0.717) is 17.9 Å². The minimum absolute atomic E-state index is 0.153. The highest BCUT2D eigenvalue weighted by Gasteiger charge is 2.42. The molecule has 4 nitrogen and oxygen atoms in total. The van der Waals surface area contributed by atoms with Gasteiger partial charge in [-0.3, -0.25) is 14.4 Å². The molecule has 0 saturated carbocycles. The first kappa shape index (κ1) is 16.7. The second kappa shape index (κ2) is 6.61. The molecule has 3 heterocycles. The number of aryl methyl sites for hydroxylation is 1. The molecule has 3 aromatic rings. The van der Waals surface area contributed by atoms with Crippen LogP contribution in [-0.2, 0) is 13.6 Å². The highest BCUT2D eigenvalue weighted by Crippen LogP contribution is 2.40. The Balaban J connectivity index is 1.34. The quantitative estimate of drug-likeness (QED) is 0.655. The molecule has 138 valence electrons. The van der Waals surface area contributed by atoms with Crippen LogP contribution in [0.4, 0.5) is 0 Å². The number of nitrogens with zero attached hydrogens (tertiary/aromatic N) is 3. The Labute approximate surface area is 159 Å². The molecule has 2 aliphatic heterocycles. The summed E-state index contributed by atoms with van der Waals surface area (Å²) in [5.74, 6) is 0.467. The van der Waals surface area contributed by atoms with Crippen molar-refractivity contribution in [1.82, 2.24) is 14.7 Å². The van der Waals surface area contributed by atoms with Crippen LogP contribution in [0, 0.1) is 5.92 Å². The first-order valence-corrected chi connectivity index (χ1v) is 9.94. The minimum atomic E-state index is 0.153. The highest BCUT2D eigenvalue weighted by atomic mass is 16.1. The van der Waals surface area contributed by atoms with Gasteiger partial charge >= 0.3 is 0 Å². The number of benzene rings is 2. The Kier molecular flexibility index (Phi) is 4.09. The number of carbonyl (C=O) groups is 1. The van der Waals surface area contributed by atoms with E-state index in [-0.39, 0.29) is 5.92 Å². The maximum Gasteiger partial charge on any atom is 0.166 e. The summed E-state index contributed by atoms with van der Waals surface area (Å²) in [5.41, 5.74) is 3.25. The molecule has 0 N–H and O–H groups in total. The molecule has 4 heteroatoms. The Morgan fingerprint density at radius 2 is 1.81 bits per heavy atom. The summed E-state index contributed by atoms with van der Waals surface area (Å²) in [7, 11) is 1.93. The third-order valence-corrected chi connectivity index (χ3v) is 6.50. The van der Waals surface area contributed by atoms with E-state index in [2.05, 4.69) is 40.3 Å². The topological polar surface area (TPSA) is 38.1 Å². The first-order chi connectivity index (χ1) is 13.2. The summed E-state index contributed by atoms with van der Waals surface area (Å²) < 4.78 is 1.85. The van der Waals surface area contributed by atoms with Crippen molar-refractivity contribution in [2.24, 2.45) is 13.0 Å². The van der Waals surface area contributed by atoms with Crippen LogP contribution in [0.1, 0.15) is 41.6 Å². The number of carbonyl (C=O) groups excluding carboxylic acids is 1. The van der Waals surface area contributed by atoms with E-state index in [1.807, 2.05) is 36.1 Å². The van der Waals surface area contributed by atoms with Gasteiger partial charge in [-0.15, -0.1) is 0 Å². The zero-order chi connectivity index (χ0) is 18.4. The molecule has 2 fully saturated rings. The predicted octanol–water partition coefficient (Wildman–Crippen LogP) is 4.20. The molecule has 27 heavy (non-hydrogen) atoms. The van der Waals surface area contributed by atoms with Gasteiger partial charge in [-0.1, -0.05) is 42.5 Å². The van der Waals surface area contributed by atoms with Crippen molar-refractivity contribution in [3.8, 4) is 0 Å². The van der Waals surface area contributed by atoms with Gasteiger partial charge in [0.1, 0.15) is 0 Å². The van der Waals surface area contributed by atoms with Crippen LogP contribution >= 0.6 is 0 Å². The monoisotopic (exact) mass is 359 g/mol. The van der Waals surface area contributed by atoms with Crippen LogP contribution in [0.15, 0.2) is 54.7 Å². The van der Waals surface area contributed by atoms with Gasteiger partial charge in [0.25, 0.3) is 0 Å². The Hall–Kier alpha value is -2.46. The zero-order valence-corrected chi connectivity index (χ0v) is 15.7. The number of ketones is 1.